The molecule has 1 aromatic rings. The molecular formula is C19H30N2O. The van der Waals surface area contributed by atoms with Gasteiger partial charge in [0.1, 0.15) is 0 Å². The van der Waals surface area contributed by atoms with E-state index in [1.807, 2.05) is 7.11 Å². The number of piperidine rings is 1. The van der Waals surface area contributed by atoms with E-state index in [0.717, 1.165) is 12.0 Å². The van der Waals surface area contributed by atoms with Crippen LogP contribution in [0.3, 0.4) is 0 Å². The molecule has 2 aliphatic rings. The van der Waals surface area contributed by atoms with Gasteiger partial charge in [-0.15, -0.1) is 0 Å². The van der Waals surface area contributed by atoms with Crippen LogP contribution in [0, 0.1) is 12.8 Å². The van der Waals surface area contributed by atoms with E-state index < -0.39 is 0 Å². The molecule has 3 nitrogen and oxygen atoms in total. The number of anilines is 1. The molecule has 1 saturated heterocycles. The third kappa shape index (κ3) is 3.64. The molecule has 1 saturated carbocycles. The lowest BCUT2D eigenvalue weighted by Crippen LogP contribution is -2.48. The summed E-state index contributed by atoms with van der Waals surface area (Å²) in [4.78, 5) is 5.11. The van der Waals surface area contributed by atoms with Crippen molar-refractivity contribution in [2.24, 2.45) is 5.92 Å². The average Bonchev–Trinajstić information content (AvgIpc) is 2.48. The predicted octanol–water partition coefficient (Wildman–Crippen LogP) is 3.32. The summed E-state index contributed by atoms with van der Waals surface area (Å²) >= 11 is 0. The Morgan fingerprint density at radius 3 is 2.36 bits per heavy atom. The lowest BCUT2D eigenvalue weighted by Gasteiger charge is -2.43. The van der Waals surface area contributed by atoms with Crippen molar-refractivity contribution in [2.75, 3.05) is 38.7 Å². The van der Waals surface area contributed by atoms with Crippen LogP contribution in [0.1, 0.15) is 31.2 Å². The second kappa shape index (κ2) is 7.01. The smallest absolute Gasteiger partial charge is 0.0601 e. The summed E-state index contributed by atoms with van der Waals surface area (Å²) < 4.78 is 5.39. The molecule has 0 amide bonds. The first kappa shape index (κ1) is 15.8. The zero-order valence-electron chi connectivity index (χ0n) is 14.3. The summed E-state index contributed by atoms with van der Waals surface area (Å²) in [6.07, 6.45) is 5.58. The minimum Gasteiger partial charge on any atom is -0.381 e. The zero-order chi connectivity index (χ0) is 15.5. The summed E-state index contributed by atoms with van der Waals surface area (Å²) in [6, 6.07) is 9.72. The van der Waals surface area contributed by atoms with Crippen LogP contribution < -0.4 is 4.90 Å². The highest BCUT2D eigenvalue weighted by Crippen LogP contribution is 2.29. The second-order valence-corrected chi connectivity index (χ2v) is 7.19. The third-order valence-electron chi connectivity index (χ3n) is 5.59. The van der Waals surface area contributed by atoms with Crippen LogP contribution in [0.5, 0.6) is 0 Å². The number of hydrogen-bond acceptors (Lipinski definition) is 3. The molecule has 22 heavy (non-hydrogen) atoms. The summed E-state index contributed by atoms with van der Waals surface area (Å²) in [5, 5.41) is 0. The fraction of sp³-hybridized carbons (Fsp3) is 0.684. The van der Waals surface area contributed by atoms with Crippen molar-refractivity contribution in [1.82, 2.24) is 4.90 Å². The predicted molar refractivity (Wildman–Crippen MR) is 92.6 cm³/mol. The minimum atomic E-state index is 0.510. The third-order valence-corrected chi connectivity index (χ3v) is 5.59. The van der Waals surface area contributed by atoms with Crippen molar-refractivity contribution >= 4 is 5.69 Å². The molecule has 0 bridgehead atoms. The highest BCUT2D eigenvalue weighted by molar-refractivity contribution is 5.47. The molecule has 3 heteroatoms. The molecule has 1 heterocycles. The molecule has 0 radical (unpaired) electrons. The van der Waals surface area contributed by atoms with E-state index in [1.54, 1.807) is 0 Å². The number of hydrogen-bond donors (Lipinski definition) is 0. The molecule has 1 aromatic carbocycles. The standard InChI is InChI=1S/C19H30N2O/c1-15-4-6-17(7-5-15)21-10-8-16(9-11-21)14-20(2)18-12-19(13-18)22-3/h4-7,16,18-19H,8-14H2,1-3H3. The fourth-order valence-electron chi connectivity index (χ4n) is 3.78. The van der Waals surface area contributed by atoms with Crippen molar-refractivity contribution in [1.29, 1.82) is 0 Å². The van der Waals surface area contributed by atoms with Gasteiger partial charge >= 0.3 is 0 Å². The molecular weight excluding hydrogens is 272 g/mol. The van der Waals surface area contributed by atoms with Crippen LogP contribution in [-0.4, -0.2) is 50.8 Å². The Hall–Kier alpha value is -1.06. The zero-order valence-corrected chi connectivity index (χ0v) is 14.3. The van der Waals surface area contributed by atoms with E-state index in [9.17, 15) is 0 Å². The first-order valence-corrected chi connectivity index (χ1v) is 8.70. The highest BCUT2D eigenvalue weighted by Gasteiger charge is 2.33. The maximum Gasteiger partial charge on any atom is 0.0601 e. The van der Waals surface area contributed by atoms with Crippen LogP contribution in [0.2, 0.25) is 0 Å². The number of ether oxygens (including phenoxy) is 1. The van der Waals surface area contributed by atoms with Crippen LogP contribution in [0.15, 0.2) is 24.3 Å². The van der Waals surface area contributed by atoms with Crippen LogP contribution in [0.25, 0.3) is 0 Å². The lowest BCUT2D eigenvalue weighted by molar-refractivity contribution is -0.0238. The molecule has 122 valence electrons. The Bertz CT molecular complexity index is 459. The molecule has 3 rings (SSSR count). The van der Waals surface area contributed by atoms with Gasteiger partial charge in [-0.05, 0) is 57.7 Å². The molecule has 1 aliphatic carbocycles. The summed E-state index contributed by atoms with van der Waals surface area (Å²) in [5.74, 6) is 0.855. The molecule has 0 N–H and O–H groups in total. The fourth-order valence-corrected chi connectivity index (χ4v) is 3.78. The highest BCUT2D eigenvalue weighted by atomic mass is 16.5. The maximum atomic E-state index is 5.39. The van der Waals surface area contributed by atoms with Gasteiger partial charge in [0.25, 0.3) is 0 Å². The molecule has 2 fully saturated rings. The number of aryl methyl sites for hydroxylation is 1. The SMILES string of the molecule is COC1CC(N(C)CC2CCN(c3ccc(C)cc3)CC2)C1. The molecule has 0 aromatic heterocycles. The normalized spacial score (nSPS) is 26.3. The van der Waals surface area contributed by atoms with Crippen LogP contribution >= 0.6 is 0 Å². The Labute approximate surface area is 135 Å². The van der Waals surface area contributed by atoms with E-state index in [4.69, 9.17) is 4.74 Å². The van der Waals surface area contributed by atoms with Gasteiger partial charge in [-0.25, -0.2) is 0 Å². The van der Waals surface area contributed by atoms with Crippen molar-refractivity contribution in [3.63, 3.8) is 0 Å². The Morgan fingerprint density at radius 2 is 1.77 bits per heavy atom. The van der Waals surface area contributed by atoms with E-state index in [-0.39, 0.29) is 0 Å². The number of nitrogens with zero attached hydrogens (tertiary/aromatic N) is 2. The minimum absolute atomic E-state index is 0.510. The van der Waals surface area contributed by atoms with Crippen molar-refractivity contribution in [3.05, 3.63) is 29.8 Å². The summed E-state index contributed by atoms with van der Waals surface area (Å²) in [7, 11) is 4.13. The van der Waals surface area contributed by atoms with E-state index in [1.165, 1.54) is 56.6 Å². The maximum absolute atomic E-state index is 5.39. The van der Waals surface area contributed by atoms with E-state index >= 15 is 0 Å². The van der Waals surface area contributed by atoms with Gasteiger partial charge in [0.05, 0.1) is 6.10 Å². The molecule has 0 unspecified atom stereocenters. The first-order chi connectivity index (χ1) is 10.7. The van der Waals surface area contributed by atoms with Gasteiger partial charge in [-0.2, -0.15) is 0 Å². The van der Waals surface area contributed by atoms with Crippen molar-refractivity contribution < 1.29 is 4.74 Å². The number of rotatable bonds is 5. The first-order valence-electron chi connectivity index (χ1n) is 8.70. The summed E-state index contributed by atoms with van der Waals surface area (Å²) in [5.41, 5.74) is 2.73. The van der Waals surface area contributed by atoms with Crippen molar-refractivity contribution in [2.45, 2.75) is 44.8 Å². The second-order valence-electron chi connectivity index (χ2n) is 7.19. The average molecular weight is 302 g/mol. The van der Waals surface area contributed by atoms with Crippen molar-refractivity contribution in [3.8, 4) is 0 Å². The number of benzene rings is 1. The quantitative estimate of drug-likeness (QED) is 0.830. The van der Waals surface area contributed by atoms with Gasteiger partial charge < -0.3 is 14.5 Å². The van der Waals surface area contributed by atoms with Gasteiger partial charge in [-0.3, -0.25) is 0 Å². The van der Waals surface area contributed by atoms with E-state index in [2.05, 4.69) is 48.0 Å². The van der Waals surface area contributed by atoms with Crippen LogP contribution in [0.4, 0.5) is 5.69 Å². The van der Waals surface area contributed by atoms with E-state index in [0.29, 0.717) is 6.10 Å². The van der Waals surface area contributed by atoms with Gasteiger partial charge in [0.15, 0.2) is 0 Å². The topological polar surface area (TPSA) is 15.7 Å². The number of methoxy groups -OCH3 is 1. The van der Waals surface area contributed by atoms with Crippen LogP contribution in [-0.2, 0) is 4.74 Å². The Balaban J connectivity index is 1.43. The van der Waals surface area contributed by atoms with Gasteiger partial charge in [0, 0.05) is 38.5 Å². The largest absolute Gasteiger partial charge is 0.381 e. The molecule has 0 atom stereocenters. The summed E-state index contributed by atoms with van der Waals surface area (Å²) in [6.45, 7) is 5.81. The molecule has 1 aliphatic heterocycles. The lowest BCUT2D eigenvalue weighted by atomic mass is 9.86. The monoisotopic (exact) mass is 302 g/mol. The van der Waals surface area contributed by atoms with Gasteiger partial charge in [0.2, 0.25) is 0 Å². The molecule has 0 spiro atoms. The Morgan fingerprint density at radius 1 is 1.14 bits per heavy atom. The Kier molecular flexibility index (Phi) is 5.04. The van der Waals surface area contributed by atoms with Gasteiger partial charge in [-0.1, -0.05) is 17.7 Å².